The molecule has 0 aromatic rings. The van der Waals surface area contributed by atoms with Gasteiger partial charge in [-0.2, -0.15) is 0 Å². The highest BCUT2D eigenvalue weighted by Crippen LogP contribution is 2.20. The van der Waals surface area contributed by atoms with Crippen molar-refractivity contribution in [2.75, 3.05) is 13.2 Å². The third-order valence-electron chi connectivity index (χ3n) is 2.62. The second-order valence-electron chi connectivity index (χ2n) is 3.63. The van der Waals surface area contributed by atoms with Crippen molar-refractivity contribution in [1.82, 2.24) is 10.2 Å². The van der Waals surface area contributed by atoms with E-state index in [4.69, 9.17) is 4.74 Å². The summed E-state index contributed by atoms with van der Waals surface area (Å²) in [7, 11) is 0. The van der Waals surface area contributed by atoms with E-state index in [9.17, 15) is 9.59 Å². The Kier molecular flexibility index (Phi) is 3.93. The van der Waals surface area contributed by atoms with Gasteiger partial charge >= 0.3 is 12.0 Å². The number of carbonyl (C=O) groups is 2. The maximum Gasteiger partial charge on any atom is 0.337 e. The molecule has 90 valence electrons. The second kappa shape index (κ2) is 5.01. The molecule has 1 heterocycles. The molecule has 0 radical (unpaired) electrons. The van der Waals surface area contributed by atoms with Crippen molar-refractivity contribution in [2.24, 2.45) is 0 Å². The maximum atomic E-state index is 11.7. The smallest absolute Gasteiger partial charge is 0.337 e. The van der Waals surface area contributed by atoms with Crippen LogP contribution in [0.2, 0.25) is 0 Å². The van der Waals surface area contributed by atoms with Crippen LogP contribution in [0.25, 0.3) is 0 Å². The average molecular weight is 226 g/mol. The van der Waals surface area contributed by atoms with E-state index in [1.54, 1.807) is 20.8 Å². The Morgan fingerprint density at radius 1 is 1.50 bits per heavy atom. The zero-order chi connectivity index (χ0) is 12.3. The highest BCUT2D eigenvalue weighted by molar-refractivity contribution is 5.94. The molecule has 1 unspecified atom stereocenters. The van der Waals surface area contributed by atoms with Crippen molar-refractivity contribution in [1.29, 1.82) is 0 Å². The van der Waals surface area contributed by atoms with Gasteiger partial charge in [-0.15, -0.1) is 0 Å². The summed E-state index contributed by atoms with van der Waals surface area (Å²) >= 11 is 0. The van der Waals surface area contributed by atoms with Crippen molar-refractivity contribution in [3.8, 4) is 0 Å². The number of esters is 1. The van der Waals surface area contributed by atoms with Crippen LogP contribution in [0.4, 0.5) is 4.79 Å². The Morgan fingerprint density at radius 3 is 2.62 bits per heavy atom. The first kappa shape index (κ1) is 12.5. The van der Waals surface area contributed by atoms with Crippen LogP contribution in [0.3, 0.4) is 0 Å². The maximum absolute atomic E-state index is 11.7. The quantitative estimate of drug-likeness (QED) is 0.737. The summed E-state index contributed by atoms with van der Waals surface area (Å²) in [6.45, 7) is 8.04. The Hall–Kier alpha value is -1.52. The molecule has 0 fully saturated rings. The number of rotatable bonds is 3. The minimum absolute atomic E-state index is 0.166. The number of ether oxygens (including phenoxy) is 1. The number of nitrogens with zero attached hydrogens (tertiary/aromatic N) is 1. The fraction of sp³-hybridized carbons (Fsp3) is 0.636. The van der Waals surface area contributed by atoms with Gasteiger partial charge in [-0.25, -0.2) is 9.59 Å². The number of allylic oxidation sites excluding steroid dienone is 1. The molecule has 1 N–H and O–H groups in total. The summed E-state index contributed by atoms with van der Waals surface area (Å²) < 4.78 is 4.98. The number of hydrogen-bond acceptors (Lipinski definition) is 3. The van der Waals surface area contributed by atoms with Gasteiger partial charge in [0.05, 0.1) is 18.2 Å². The fourth-order valence-electron chi connectivity index (χ4n) is 1.86. The Labute approximate surface area is 95.4 Å². The van der Waals surface area contributed by atoms with Crippen molar-refractivity contribution in [2.45, 2.75) is 33.7 Å². The van der Waals surface area contributed by atoms with Gasteiger partial charge in [0, 0.05) is 12.2 Å². The van der Waals surface area contributed by atoms with E-state index in [1.807, 2.05) is 6.92 Å². The molecule has 0 aromatic carbocycles. The first-order valence-electron chi connectivity index (χ1n) is 5.48. The summed E-state index contributed by atoms with van der Waals surface area (Å²) in [5.74, 6) is -0.356. The lowest BCUT2D eigenvalue weighted by molar-refractivity contribution is -0.139. The van der Waals surface area contributed by atoms with Crippen molar-refractivity contribution < 1.29 is 14.3 Å². The molecule has 1 aliphatic rings. The van der Waals surface area contributed by atoms with Crippen LogP contribution in [0.5, 0.6) is 0 Å². The Bertz CT molecular complexity index is 336. The number of nitrogens with one attached hydrogen (secondary N) is 1. The average Bonchev–Trinajstić information content (AvgIpc) is 2.17. The molecule has 1 aliphatic heterocycles. The molecular weight excluding hydrogens is 208 g/mol. The minimum Gasteiger partial charge on any atom is -0.463 e. The van der Waals surface area contributed by atoms with Crippen molar-refractivity contribution >= 4 is 12.0 Å². The van der Waals surface area contributed by atoms with Gasteiger partial charge in [-0.1, -0.05) is 0 Å². The van der Waals surface area contributed by atoms with E-state index >= 15 is 0 Å². The van der Waals surface area contributed by atoms with Gasteiger partial charge in [0.25, 0.3) is 0 Å². The highest BCUT2D eigenvalue weighted by atomic mass is 16.5. The Balaban J connectivity index is 3.06. The van der Waals surface area contributed by atoms with Gasteiger partial charge < -0.3 is 10.1 Å². The third kappa shape index (κ3) is 2.18. The fourth-order valence-corrected chi connectivity index (χ4v) is 1.86. The molecule has 2 amide bonds. The molecule has 0 aliphatic carbocycles. The van der Waals surface area contributed by atoms with Crippen LogP contribution in [-0.4, -0.2) is 36.1 Å². The molecule has 0 aromatic heterocycles. The van der Waals surface area contributed by atoms with E-state index in [-0.39, 0.29) is 18.0 Å². The lowest BCUT2D eigenvalue weighted by Gasteiger charge is -2.32. The summed E-state index contributed by atoms with van der Waals surface area (Å²) in [4.78, 5) is 24.9. The normalized spacial score (nSPS) is 20.9. The number of carbonyl (C=O) groups excluding carboxylic acids is 2. The van der Waals surface area contributed by atoms with Crippen LogP contribution in [0, 0.1) is 0 Å². The number of hydrogen-bond donors (Lipinski definition) is 1. The molecule has 0 saturated carbocycles. The minimum atomic E-state index is -0.356. The molecular formula is C11H18N2O3. The van der Waals surface area contributed by atoms with Crippen LogP contribution in [0.1, 0.15) is 27.7 Å². The van der Waals surface area contributed by atoms with Crippen LogP contribution >= 0.6 is 0 Å². The zero-order valence-corrected chi connectivity index (χ0v) is 10.2. The lowest BCUT2D eigenvalue weighted by atomic mass is 10.0. The molecule has 16 heavy (non-hydrogen) atoms. The monoisotopic (exact) mass is 226 g/mol. The number of urea groups is 1. The largest absolute Gasteiger partial charge is 0.463 e. The van der Waals surface area contributed by atoms with Crippen molar-refractivity contribution in [3.05, 3.63) is 11.3 Å². The summed E-state index contributed by atoms with van der Waals surface area (Å²) in [6.07, 6.45) is 0. The summed E-state index contributed by atoms with van der Waals surface area (Å²) in [5, 5.41) is 2.73. The highest BCUT2D eigenvalue weighted by Gasteiger charge is 2.31. The first-order chi connectivity index (χ1) is 7.52. The topological polar surface area (TPSA) is 58.6 Å². The van der Waals surface area contributed by atoms with Gasteiger partial charge in [-0.05, 0) is 27.7 Å². The van der Waals surface area contributed by atoms with E-state index < -0.39 is 0 Å². The van der Waals surface area contributed by atoms with E-state index in [0.717, 1.165) is 0 Å². The predicted molar refractivity (Wildman–Crippen MR) is 59.7 cm³/mol. The van der Waals surface area contributed by atoms with Crippen LogP contribution in [-0.2, 0) is 9.53 Å². The molecule has 0 spiro atoms. The molecule has 5 nitrogen and oxygen atoms in total. The van der Waals surface area contributed by atoms with E-state index in [0.29, 0.717) is 24.4 Å². The molecule has 1 rings (SSSR count). The SMILES string of the molecule is CCOC(=O)C1=C(C)N(CC)C(=O)NC1C. The standard InChI is InChI=1S/C11H18N2O3/c1-5-13-8(4)9(10(14)16-6-2)7(3)12-11(13)15/h7H,5-6H2,1-4H3,(H,12,15). The molecule has 0 bridgehead atoms. The van der Waals surface area contributed by atoms with Gasteiger partial charge in [0.1, 0.15) is 0 Å². The van der Waals surface area contributed by atoms with Gasteiger partial charge in [0.2, 0.25) is 0 Å². The van der Waals surface area contributed by atoms with Gasteiger partial charge in [0.15, 0.2) is 0 Å². The van der Waals surface area contributed by atoms with E-state index in [1.165, 1.54) is 4.90 Å². The molecule has 1 atom stereocenters. The molecule has 5 heteroatoms. The summed E-state index contributed by atoms with van der Waals surface area (Å²) in [5.41, 5.74) is 1.21. The Morgan fingerprint density at radius 2 is 2.12 bits per heavy atom. The number of amides is 2. The molecule has 0 saturated heterocycles. The third-order valence-corrected chi connectivity index (χ3v) is 2.62. The van der Waals surface area contributed by atoms with Crippen LogP contribution in [0.15, 0.2) is 11.3 Å². The predicted octanol–water partition coefficient (Wildman–Crippen LogP) is 1.26. The van der Waals surface area contributed by atoms with Gasteiger partial charge in [-0.3, -0.25) is 4.90 Å². The first-order valence-corrected chi connectivity index (χ1v) is 5.48. The lowest BCUT2D eigenvalue weighted by Crippen LogP contribution is -2.50. The van der Waals surface area contributed by atoms with Crippen molar-refractivity contribution in [3.63, 3.8) is 0 Å². The second-order valence-corrected chi connectivity index (χ2v) is 3.63. The summed E-state index contributed by atoms with van der Waals surface area (Å²) in [6, 6.07) is -0.463. The zero-order valence-electron chi connectivity index (χ0n) is 10.2. The van der Waals surface area contributed by atoms with E-state index in [2.05, 4.69) is 5.32 Å². The van der Waals surface area contributed by atoms with Crippen LogP contribution < -0.4 is 5.32 Å².